The molecule has 8 heteroatoms. The molecule has 144 valence electrons. The minimum atomic E-state index is -4.73. The fourth-order valence-corrected chi connectivity index (χ4v) is 3.21. The van der Waals surface area contributed by atoms with Gasteiger partial charge in [-0.2, -0.15) is 13.2 Å². The van der Waals surface area contributed by atoms with Crippen LogP contribution >= 0.6 is 0 Å². The SMILES string of the molecule is COc1ccccc1C1CNCCN1C(=O)c1cc(F)cc(C(F)(F)F)c1. The zero-order chi connectivity index (χ0) is 19.6. The molecular formula is C19H18F4N2O2. The van der Waals surface area contributed by atoms with Crippen LogP contribution in [0, 0.1) is 5.82 Å². The number of ether oxygens (including phenoxy) is 1. The first-order valence-electron chi connectivity index (χ1n) is 8.33. The van der Waals surface area contributed by atoms with Crippen LogP contribution < -0.4 is 10.1 Å². The average Bonchev–Trinajstić information content (AvgIpc) is 2.66. The van der Waals surface area contributed by atoms with Crippen LogP contribution in [0.5, 0.6) is 5.75 Å². The Kier molecular flexibility index (Phi) is 5.36. The van der Waals surface area contributed by atoms with Gasteiger partial charge in [0.2, 0.25) is 0 Å². The summed E-state index contributed by atoms with van der Waals surface area (Å²) < 4.78 is 58.0. The largest absolute Gasteiger partial charge is 0.496 e. The highest BCUT2D eigenvalue weighted by molar-refractivity contribution is 5.95. The second-order valence-electron chi connectivity index (χ2n) is 6.19. The molecule has 1 saturated heterocycles. The van der Waals surface area contributed by atoms with Crippen molar-refractivity contribution in [2.75, 3.05) is 26.7 Å². The Labute approximate surface area is 153 Å². The summed E-state index contributed by atoms with van der Waals surface area (Å²) in [5, 5.41) is 3.16. The van der Waals surface area contributed by atoms with Crippen LogP contribution in [0.15, 0.2) is 42.5 Å². The van der Waals surface area contributed by atoms with Crippen LogP contribution in [0.2, 0.25) is 0 Å². The molecule has 1 unspecified atom stereocenters. The molecule has 1 heterocycles. The number of halogens is 4. The molecular weight excluding hydrogens is 364 g/mol. The fraction of sp³-hybridized carbons (Fsp3) is 0.316. The molecule has 27 heavy (non-hydrogen) atoms. The second kappa shape index (κ2) is 7.56. The highest BCUT2D eigenvalue weighted by Crippen LogP contribution is 2.33. The fourth-order valence-electron chi connectivity index (χ4n) is 3.21. The molecule has 0 aliphatic carbocycles. The molecule has 0 spiro atoms. The Hall–Kier alpha value is -2.61. The third-order valence-electron chi connectivity index (χ3n) is 4.47. The molecule has 1 atom stereocenters. The van der Waals surface area contributed by atoms with Crippen molar-refractivity contribution in [3.63, 3.8) is 0 Å². The van der Waals surface area contributed by atoms with E-state index in [0.717, 1.165) is 11.6 Å². The number of hydrogen-bond donors (Lipinski definition) is 1. The number of rotatable bonds is 3. The van der Waals surface area contributed by atoms with Gasteiger partial charge in [0.15, 0.2) is 0 Å². The van der Waals surface area contributed by atoms with Gasteiger partial charge in [0.1, 0.15) is 11.6 Å². The number of carbonyl (C=O) groups is 1. The second-order valence-corrected chi connectivity index (χ2v) is 6.19. The molecule has 0 bridgehead atoms. The molecule has 4 nitrogen and oxygen atoms in total. The number of carbonyl (C=O) groups excluding carboxylic acids is 1. The summed E-state index contributed by atoms with van der Waals surface area (Å²) in [6.45, 7) is 1.17. The maximum Gasteiger partial charge on any atom is 0.416 e. The third kappa shape index (κ3) is 4.05. The van der Waals surface area contributed by atoms with Gasteiger partial charge < -0.3 is 15.0 Å². The van der Waals surface area contributed by atoms with Gasteiger partial charge in [0.25, 0.3) is 5.91 Å². The maximum absolute atomic E-state index is 13.7. The van der Waals surface area contributed by atoms with Gasteiger partial charge in [-0.3, -0.25) is 4.79 Å². The molecule has 3 rings (SSSR count). The lowest BCUT2D eigenvalue weighted by atomic mass is 10.00. The Morgan fingerprint density at radius 1 is 1.22 bits per heavy atom. The molecule has 0 aromatic heterocycles. The van der Waals surface area contributed by atoms with E-state index in [1.165, 1.54) is 12.0 Å². The first kappa shape index (κ1) is 19.2. The van der Waals surface area contributed by atoms with E-state index < -0.39 is 29.5 Å². The number of benzene rings is 2. The Balaban J connectivity index is 1.98. The average molecular weight is 382 g/mol. The van der Waals surface area contributed by atoms with Crippen LogP contribution in [0.4, 0.5) is 17.6 Å². The maximum atomic E-state index is 13.7. The van der Waals surface area contributed by atoms with Crippen molar-refractivity contribution >= 4 is 5.91 Å². The highest BCUT2D eigenvalue weighted by Gasteiger charge is 2.34. The summed E-state index contributed by atoms with van der Waals surface area (Å²) in [7, 11) is 1.50. The number of hydrogen-bond acceptors (Lipinski definition) is 3. The summed E-state index contributed by atoms with van der Waals surface area (Å²) in [6.07, 6.45) is -4.73. The molecule has 2 aromatic carbocycles. The zero-order valence-electron chi connectivity index (χ0n) is 14.5. The van der Waals surface area contributed by atoms with Crippen molar-refractivity contribution in [1.29, 1.82) is 0 Å². The Morgan fingerprint density at radius 3 is 2.67 bits per heavy atom. The Morgan fingerprint density at radius 2 is 1.96 bits per heavy atom. The van der Waals surface area contributed by atoms with E-state index in [9.17, 15) is 22.4 Å². The first-order valence-corrected chi connectivity index (χ1v) is 8.33. The minimum Gasteiger partial charge on any atom is -0.496 e. The normalized spacial score (nSPS) is 17.7. The summed E-state index contributed by atoms with van der Waals surface area (Å²) in [5.74, 6) is -1.19. The lowest BCUT2D eigenvalue weighted by Gasteiger charge is -2.37. The van der Waals surface area contributed by atoms with Crippen molar-refractivity contribution in [3.8, 4) is 5.75 Å². The number of para-hydroxylation sites is 1. The standard InChI is InChI=1S/C19H18F4N2O2/c1-27-17-5-3-2-4-15(17)16-11-24-6-7-25(16)18(26)12-8-13(19(21,22)23)10-14(20)9-12/h2-5,8-10,16,24H,6-7,11H2,1H3. The molecule has 2 aromatic rings. The number of piperazine rings is 1. The van der Waals surface area contributed by atoms with Crippen molar-refractivity contribution in [3.05, 3.63) is 65.0 Å². The van der Waals surface area contributed by atoms with E-state index in [1.807, 2.05) is 0 Å². The number of nitrogens with one attached hydrogen (secondary N) is 1. The number of amides is 1. The summed E-state index contributed by atoms with van der Waals surface area (Å²) in [4.78, 5) is 14.4. The van der Waals surface area contributed by atoms with Gasteiger partial charge in [-0.25, -0.2) is 4.39 Å². The van der Waals surface area contributed by atoms with Crippen LogP contribution in [0.25, 0.3) is 0 Å². The quantitative estimate of drug-likeness (QED) is 0.825. The zero-order valence-corrected chi connectivity index (χ0v) is 14.5. The molecule has 1 N–H and O–H groups in total. The summed E-state index contributed by atoms with van der Waals surface area (Å²) >= 11 is 0. The lowest BCUT2D eigenvalue weighted by molar-refractivity contribution is -0.137. The van der Waals surface area contributed by atoms with E-state index in [-0.39, 0.29) is 12.1 Å². The van der Waals surface area contributed by atoms with Gasteiger partial charge in [-0.1, -0.05) is 18.2 Å². The van der Waals surface area contributed by atoms with E-state index in [1.54, 1.807) is 24.3 Å². The van der Waals surface area contributed by atoms with Gasteiger partial charge >= 0.3 is 6.18 Å². The predicted molar refractivity (Wildman–Crippen MR) is 91.0 cm³/mol. The van der Waals surface area contributed by atoms with Gasteiger partial charge in [-0.05, 0) is 24.3 Å². The Bertz CT molecular complexity index is 839. The highest BCUT2D eigenvalue weighted by atomic mass is 19.4. The van der Waals surface area contributed by atoms with E-state index in [0.29, 0.717) is 31.0 Å². The lowest BCUT2D eigenvalue weighted by Crippen LogP contribution is -2.48. The van der Waals surface area contributed by atoms with Crippen LogP contribution in [-0.4, -0.2) is 37.6 Å². The predicted octanol–water partition coefficient (Wildman–Crippen LogP) is 3.64. The van der Waals surface area contributed by atoms with Crippen LogP contribution in [0.1, 0.15) is 27.5 Å². The van der Waals surface area contributed by atoms with E-state index in [4.69, 9.17) is 4.74 Å². The minimum absolute atomic E-state index is 0.277. The number of methoxy groups -OCH3 is 1. The van der Waals surface area contributed by atoms with Crippen molar-refractivity contribution in [1.82, 2.24) is 10.2 Å². The summed E-state index contributed by atoms with van der Waals surface area (Å²) in [6, 6.07) is 8.57. The molecule has 1 aliphatic heterocycles. The molecule has 1 amide bonds. The van der Waals surface area contributed by atoms with Crippen molar-refractivity contribution < 1.29 is 27.1 Å². The van der Waals surface area contributed by atoms with Crippen molar-refractivity contribution in [2.45, 2.75) is 12.2 Å². The molecule has 1 aliphatic rings. The smallest absolute Gasteiger partial charge is 0.416 e. The number of nitrogens with zero attached hydrogens (tertiary/aromatic N) is 1. The first-order chi connectivity index (χ1) is 12.8. The molecule has 0 radical (unpaired) electrons. The molecule has 1 fully saturated rings. The molecule has 0 saturated carbocycles. The monoisotopic (exact) mass is 382 g/mol. The van der Waals surface area contributed by atoms with Crippen LogP contribution in [0.3, 0.4) is 0 Å². The number of alkyl halides is 3. The van der Waals surface area contributed by atoms with Gasteiger partial charge in [0.05, 0.1) is 18.7 Å². The van der Waals surface area contributed by atoms with Crippen LogP contribution in [-0.2, 0) is 6.18 Å². The van der Waals surface area contributed by atoms with Gasteiger partial charge in [0, 0.05) is 30.8 Å². The van der Waals surface area contributed by atoms with Gasteiger partial charge in [-0.15, -0.1) is 0 Å². The van der Waals surface area contributed by atoms with E-state index in [2.05, 4.69) is 5.32 Å². The van der Waals surface area contributed by atoms with Crippen molar-refractivity contribution in [2.24, 2.45) is 0 Å². The summed E-state index contributed by atoms with van der Waals surface area (Å²) in [5.41, 5.74) is -0.785. The van der Waals surface area contributed by atoms with E-state index >= 15 is 0 Å². The topological polar surface area (TPSA) is 41.6 Å². The third-order valence-corrected chi connectivity index (χ3v) is 4.47.